The Balaban J connectivity index is 1.43. The van der Waals surface area contributed by atoms with Gasteiger partial charge in [-0.05, 0) is 41.7 Å². The zero-order valence-electron chi connectivity index (χ0n) is 17.5. The molecule has 3 aromatic carbocycles. The minimum Gasteiger partial charge on any atom is -0.456 e. The minimum absolute atomic E-state index is 0.0696. The molecule has 0 aliphatic rings. The molecule has 4 aromatic rings. The van der Waals surface area contributed by atoms with Gasteiger partial charge in [-0.3, -0.25) is 9.59 Å². The van der Waals surface area contributed by atoms with E-state index in [-0.39, 0.29) is 17.1 Å². The second-order valence-corrected chi connectivity index (χ2v) is 7.50. The van der Waals surface area contributed by atoms with Gasteiger partial charge in [-0.15, -0.1) is 0 Å². The number of benzene rings is 3. The number of hydrogen-bond acceptors (Lipinski definition) is 3. The smallest absolute Gasteiger partial charge is 0.287 e. The van der Waals surface area contributed by atoms with E-state index in [9.17, 15) is 9.59 Å². The molecule has 0 aliphatic carbocycles. The highest BCUT2D eigenvalue weighted by Gasteiger charge is 2.15. The van der Waals surface area contributed by atoms with Gasteiger partial charge < -0.3 is 9.73 Å². The predicted molar refractivity (Wildman–Crippen MR) is 123 cm³/mol. The van der Waals surface area contributed by atoms with Crippen molar-refractivity contribution in [3.05, 3.63) is 118 Å². The quantitative estimate of drug-likeness (QED) is 0.472. The maximum atomic E-state index is 12.4. The number of amides is 1. The Morgan fingerprint density at radius 1 is 0.774 bits per heavy atom. The van der Waals surface area contributed by atoms with Crippen molar-refractivity contribution < 1.29 is 9.21 Å². The minimum atomic E-state index is -0.390. The largest absolute Gasteiger partial charge is 0.456 e. The van der Waals surface area contributed by atoms with Gasteiger partial charge in [0, 0.05) is 18.2 Å². The average Bonchev–Trinajstić information content (AvgIpc) is 2.81. The number of nitrogens with one attached hydrogen (secondary N) is 1. The number of carbonyl (C=O) groups excluding carboxylic acids is 1. The van der Waals surface area contributed by atoms with Gasteiger partial charge in [-0.1, -0.05) is 78.9 Å². The van der Waals surface area contributed by atoms with Gasteiger partial charge in [0.15, 0.2) is 11.2 Å². The molecule has 1 N–H and O–H groups in total. The van der Waals surface area contributed by atoms with E-state index >= 15 is 0 Å². The van der Waals surface area contributed by atoms with Crippen LogP contribution in [-0.4, -0.2) is 5.91 Å². The number of aryl methyl sites for hydroxylation is 1. The summed E-state index contributed by atoms with van der Waals surface area (Å²) in [6.07, 6.45) is 0. The molecule has 1 heterocycles. The first-order valence-electron chi connectivity index (χ1n) is 10.2. The molecule has 31 heavy (non-hydrogen) atoms. The van der Waals surface area contributed by atoms with Crippen molar-refractivity contribution >= 4 is 5.91 Å². The SMILES string of the molecule is Cc1cc(=O)c(C)c(C(=O)NCc2ccc(-c3ccc(-c4ccccc4)cc3)cc2)o1. The fourth-order valence-electron chi connectivity index (χ4n) is 3.45. The van der Waals surface area contributed by atoms with Crippen molar-refractivity contribution in [2.45, 2.75) is 20.4 Å². The van der Waals surface area contributed by atoms with Crippen LogP contribution < -0.4 is 10.7 Å². The van der Waals surface area contributed by atoms with Crippen LogP contribution in [0.15, 0.2) is 94.1 Å². The number of carbonyl (C=O) groups is 1. The third kappa shape index (κ3) is 4.64. The molecule has 1 aromatic heterocycles. The van der Waals surface area contributed by atoms with Gasteiger partial charge >= 0.3 is 0 Å². The summed E-state index contributed by atoms with van der Waals surface area (Å²) < 4.78 is 5.45. The Morgan fingerprint density at radius 2 is 1.29 bits per heavy atom. The summed E-state index contributed by atoms with van der Waals surface area (Å²) in [5.41, 5.74) is 5.70. The zero-order valence-corrected chi connectivity index (χ0v) is 17.5. The van der Waals surface area contributed by atoms with Gasteiger partial charge in [0.25, 0.3) is 5.91 Å². The molecule has 0 fully saturated rings. The van der Waals surface area contributed by atoms with Crippen molar-refractivity contribution in [1.29, 1.82) is 0 Å². The van der Waals surface area contributed by atoms with Gasteiger partial charge in [0.05, 0.1) is 0 Å². The third-order valence-corrected chi connectivity index (χ3v) is 5.25. The average molecular weight is 409 g/mol. The maximum Gasteiger partial charge on any atom is 0.287 e. The molecule has 4 nitrogen and oxygen atoms in total. The van der Waals surface area contributed by atoms with Crippen LogP contribution in [0.4, 0.5) is 0 Å². The van der Waals surface area contributed by atoms with E-state index in [1.54, 1.807) is 13.8 Å². The Hall–Kier alpha value is -3.92. The molecule has 4 rings (SSSR count). The Labute approximate surface area is 181 Å². The molecular formula is C27H23NO3. The van der Waals surface area contributed by atoms with Crippen molar-refractivity contribution in [3.63, 3.8) is 0 Å². The molecule has 0 aliphatic heterocycles. The molecule has 0 bridgehead atoms. The van der Waals surface area contributed by atoms with Crippen molar-refractivity contribution in [1.82, 2.24) is 5.32 Å². The first kappa shape index (κ1) is 20.4. The first-order chi connectivity index (χ1) is 15.0. The lowest BCUT2D eigenvalue weighted by atomic mass is 9.99. The Bertz CT molecular complexity index is 1250. The number of hydrogen-bond donors (Lipinski definition) is 1. The summed E-state index contributed by atoms with van der Waals surface area (Å²) >= 11 is 0. The highest BCUT2D eigenvalue weighted by atomic mass is 16.3. The third-order valence-electron chi connectivity index (χ3n) is 5.25. The van der Waals surface area contributed by atoms with E-state index in [4.69, 9.17) is 4.42 Å². The fraction of sp³-hybridized carbons (Fsp3) is 0.111. The summed E-state index contributed by atoms with van der Waals surface area (Å²) in [4.78, 5) is 24.3. The lowest BCUT2D eigenvalue weighted by Crippen LogP contribution is -2.25. The summed E-state index contributed by atoms with van der Waals surface area (Å²) in [6, 6.07) is 28.2. The van der Waals surface area contributed by atoms with Crippen LogP contribution in [0.3, 0.4) is 0 Å². The van der Waals surface area contributed by atoms with Gasteiger partial charge in [0.1, 0.15) is 5.76 Å². The fourth-order valence-corrected chi connectivity index (χ4v) is 3.45. The highest BCUT2D eigenvalue weighted by Crippen LogP contribution is 2.25. The molecule has 0 saturated carbocycles. The van der Waals surface area contributed by atoms with Gasteiger partial charge in [-0.25, -0.2) is 0 Å². The van der Waals surface area contributed by atoms with Crippen LogP contribution in [-0.2, 0) is 6.54 Å². The zero-order chi connectivity index (χ0) is 21.8. The monoisotopic (exact) mass is 409 g/mol. The number of rotatable bonds is 5. The molecule has 1 amide bonds. The molecule has 0 unspecified atom stereocenters. The second kappa shape index (κ2) is 8.84. The summed E-state index contributed by atoms with van der Waals surface area (Å²) in [7, 11) is 0. The van der Waals surface area contributed by atoms with Crippen molar-refractivity contribution in [2.75, 3.05) is 0 Å². The highest BCUT2D eigenvalue weighted by molar-refractivity contribution is 5.92. The van der Waals surface area contributed by atoms with E-state index < -0.39 is 0 Å². The van der Waals surface area contributed by atoms with Crippen molar-refractivity contribution in [3.8, 4) is 22.3 Å². The molecule has 0 atom stereocenters. The van der Waals surface area contributed by atoms with Crippen LogP contribution in [0.2, 0.25) is 0 Å². The van der Waals surface area contributed by atoms with Gasteiger partial charge in [0.2, 0.25) is 0 Å². The van der Waals surface area contributed by atoms with Crippen LogP contribution >= 0.6 is 0 Å². The van der Waals surface area contributed by atoms with E-state index in [1.807, 2.05) is 42.5 Å². The normalized spacial score (nSPS) is 10.6. The molecule has 154 valence electrons. The Morgan fingerprint density at radius 3 is 1.87 bits per heavy atom. The van der Waals surface area contributed by atoms with Crippen molar-refractivity contribution in [2.24, 2.45) is 0 Å². The molecule has 0 spiro atoms. The molecular weight excluding hydrogens is 386 g/mol. The van der Waals surface area contributed by atoms with Crippen LogP contribution in [0.5, 0.6) is 0 Å². The Kier molecular flexibility index (Phi) is 5.80. The van der Waals surface area contributed by atoms with Crippen LogP contribution in [0, 0.1) is 13.8 Å². The van der Waals surface area contributed by atoms with E-state index in [0.29, 0.717) is 17.9 Å². The summed E-state index contributed by atoms with van der Waals surface area (Å²) in [6.45, 7) is 3.60. The summed E-state index contributed by atoms with van der Waals surface area (Å²) in [5.74, 6) is 0.0994. The van der Waals surface area contributed by atoms with Gasteiger partial charge in [-0.2, -0.15) is 0 Å². The van der Waals surface area contributed by atoms with E-state index in [2.05, 4.69) is 41.7 Å². The standard InChI is InChI=1S/C27H23NO3/c1-18-16-25(29)19(2)26(31-18)27(30)28-17-20-8-10-22(11-9-20)24-14-12-23(13-15-24)21-6-4-3-5-7-21/h3-16H,17H2,1-2H3,(H,28,30). The first-order valence-corrected chi connectivity index (χ1v) is 10.2. The topological polar surface area (TPSA) is 59.3 Å². The lowest BCUT2D eigenvalue weighted by molar-refractivity contribution is 0.0918. The molecule has 0 radical (unpaired) electrons. The lowest BCUT2D eigenvalue weighted by Gasteiger charge is -2.09. The molecule has 0 saturated heterocycles. The van der Waals surface area contributed by atoms with Crippen LogP contribution in [0.25, 0.3) is 22.3 Å². The van der Waals surface area contributed by atoms with E-state index in [1.165, 1.54) is 17.2 Å². The summed E-state index contributed by atoms with van der Waals surface area (Å²) in [5, 5.41) is 2.82. The maximum absolute atomic E-state index is 12.4. The second-order valence-electron chi connectivity index (χ2n) is 7.50. The predicted octanol–water partition coefficient (Wildman–Crippen LogP) is 5.52. The van der Waals surface area contributed by atoms with E-state index in [0.717, 1.165) is 16.7 Å². The molecule has 4 heteroatoms. The van der Waals surface area contributed by atoms with Crippen LogP contribution in [0.1, 0.15) is 27.4 Å².